The Morgan fingerprint density at radius 2 is 1.45 bits per heavy atom. The van der Waals surface area contributed by atoms with E-state index in [0.717, 1.165) is 11.8 Å². The molecule has 3 heteroatoms. The summed E-state index contributed by atoms with van der Waals surface area (Å²) in [6, 6.07) is 0. The predicted octanol–water partition coefficient (Wildman–Crippen LogP) is 4.16. The van der Waals surface area contributed by atoms with Gasteiger partial charge in [0.15, 0.2) is 0 Å². The van der Waals surface area contributed by atoms with Crippen LogP contribution in [-0.2, 0) is 0 Å². The second-order valence-electron chi connectivity index (χ2n) is 1.97. The zero-order chi connectivity index (χ0) is 8.69. The fourth-order valence-electron chi connectivity index (χ4n) is 0.348. The summed E-state index contributed by atoms with van der Waals surface area (Å²) in [7, 11) is 0. The molecule has 0 saturated carbocycles. The second-order valence-corrected chi connectivity index (χ2v) is 2.72. The lowest BCUT2D eigenvalue weighted by Gasteiger charge is -1.89. The van der Waals surface area contributed by atoms with Crippen LogP contribution in [0.25, 0.3) is 0 Å². The Balaban J connectivity index is 3.71. The van der Waals surface area contributed by atoms with Gasteiger partial charge in [0.2, 0.25) is 0 Å². The summed E-state index contributed by atoms with van der Waals surface area (Å²) in [6.45, 7) is 3.43. The first-order valence-electron chi connectivity index (χ1n) is 3.55. The van der Waals surface area contributed by atoms with E-state index < -0.39 is 0 Å². The van der Waals surface area contributed by atoms with E-state index in [-0.39, 0.29) is 11.7 Å². The summed E-state index contributed by atoms with van der Waals surface area (Å²) in [5.41, 5.74) is 0. The Hall–Kier alpha value is -0.310. The quantitative estimate of drug-likeness (QED) is 0.622. The highest BCUT2D eigenvalue weighted by molar-refractivity contribution is 8.04. The Bertz CT molecular complexity index is 143. The average Bonchev–Trinajstić information content (AvgIpc) is 2.04. The minimum absolute atomic E-state index is 0.213. The lowest BCUT2D eigenvalue weighted by Crippen LogP contribution is -1.66. The van der Waals surface area contributed by atoms with Gasteiger partial charge < -0.3 is 0 Å². The lowest BCUT2D eigenvalue weighted by molar-refractivity contribution is 0.606. The summed E-state index contributed by atoms with van der Waals surface area (Å²) in [5, 5.41) is 2.63. The highest BCUT2D eigenvalue weighted by atomic mass is 32.2. The van der Waals surface area contributed by atoms with Crippen LogP contribution in [0.3, 0.4) is 0 Å². The molecule has 0 radical (unpaired) electrons. The monoisotopic (exact) mass is 178 g/mol. The molecular weight excluding hydrogens is 166 g/mol. The molecule has 0 fully saturated rings. The number of hydrogen-bond donors (Lipinski definition) is 0. The van der Waals surface area contributed by atoms with Gasteiger partial charge in [-0.3, -0.25) is 0 Å². The molecule has 0 nitrogen and oxygen atoms in total. The molecule has 0 aliphatic rings. The molecule has 0 rings (SSSR count). The van der Waals surface area contributed by atoms with Crippen molar-refractivity contribution in [3.05, 3.63) is 22.5 Å². The van der Waals surface area contributed by atoms with Crippen LogP contribution < -0.4 is 0 Å². The number of thioether (sulfide) groups is 1. The second kappa shape index (κ2) is 6.40. The van der Waals surface area contributed by atoms with Crippen molar-refractivity contribution in [1.29, 1.82) is 0 Å². The maximum Gasteiger partial charge on any atom is 0.106 e. The molecule has 0 atom stereocenters. The number of halogens is 2. The molecule has 0 heterocycles. The molecule has 0 aromatic rings. The van der Waals surface area contributed by atoms with Crippen molar-refractivity contribution >= 4 is 11.8 Å². The molecule has 0 N–H and O–H groups in total. The lowest BCUT2D eigenvalue weighted by atomic mass is 10.5. The third-order valence-corrected chi connectivity index (χ3v) is 1.85. The smallest absolute Gasteiger partial charge is 0.106 e. The van der Waals surface area contributed by atoms with Crippen molar-refractivity contribution in [2.24, 2.45) is 0 Å². The summed E-state index contributed by atoms with van der Waals surface area (Å²) in [5.74, 6) is -0.426. The van der Waals surface area contributed by atoms with Crippen molar-refractivity contribution in [2.45, 2.75) is 26.7 Å². The van der Waals surface area contributed by atoms with Gasteiger partial charge in [0.05, 0.1) is 0 Å². The van der Waals surface area contributed by atoms with Gasteiger partial charge in [-0.05, 0) is 12.8 Å². The van der Waals surface area contributed by atoms with E-state index in [0.29, 0.717) is 12.8 Å². The Morgan fingerprint density at radius 1 is 1.09 bits per heavy atom. The zero-order valence-corrected chi connectivity index (χ0v) is 7.55. The molecule has 11 heavy (non-hydrogen) atoms. The van der Waals surface area contributed by atoms with Crippen LogP contribution in [0.5, 0.6) is 0 Å². The number of allylic oxidation sites excluding steroid dienone is 2. The highest BCUT2D eigenvalue weighted by Gasteiger charge is 1.89. The molecule has 0 bridgehead atoms. The van der Waals surface area contributed by atoms with Crippen LogP contribution in [0.4, 0.5) is 8.78 Å². The number of hydrogen-bond acceptors (Lipinski definition) is 1. The first-order valence-corrected chi connectivity index (χ1v) is 4.49. The third kappa shape index (κ3) is 6.10. The van der Waals surface area contributed by atoms with Crippen molar-refractivity contribution < 1.29 is 8.78 Å². The molecule has 0 aliphatic carbocycles. The average molecular weight is 178 g/mol. The fourth-order valence-corrected chi connectivity index (χ4v) is 1.05. The maximum atomic E-state index is 12.4. The van der Waals surface area contributed by atoms with E-state index >= 15 is 0 Å². The van der Waals surface area contributed by atoms with E-state index in [4.69, 9.17) is 0 Å². The molecule has 0 amide bonds. The van der Waals surface area contributed by atoms with E-state index in [1.807, 2.05) is 0 Å². The fraction of sp³-hybridized carbons (Fsp3) is 0.500. The minimum Gasteiger partial charge on any atom is -0.211 e. The molecule has 0 unspecified atom stereocenters. The van der Waals surface area contributed by atoms with Gasteiger partial charge in [-0.15, -0.1) is 11.8 Å². The normalized spacial score (nSPS) is 13.8. The molecule has 64 valence electrons. The molecular formula is C8H12F2S. The molecule has 0 aromatic heterocycles. The van der Waals surface area contributed by atoms with Crippen LogP contribution in [-0.4, -0.2) is 0 Å². The Kier molecular flexibility index (Phi) is 6.22. The SMILES string of the molecule is CCC(F)=CSC=C(F)CC. The topological polar surface area (TPSA) is 0 Å². The molecule has 0 aliphatic heterocycles. The van der Waals surface area contributed by atoms with Gasteiger partial charge in [0.25, 0.3) is 0 Å². The zero-order valence-electron chi connectivity index (χ0n) is 6.73. The van der Waals surface area contributed by atoms with E-state index in [1.54, 1.807) is 13.8 Å². The summed E-state index contributed by atoms with van der Waals surface area (Å²) >= 11 is 1.04. The summed E-state index contributed by atoms with van der Waals surface area (Å²) in [4.78, 5) is 0. The van der Waals surface area contributed by atoms with Gasteiger partial charge in [-0.2, -0.15) is 0 Å². The Morgan fingerprint density at radius 3 is 1.73 bits per heavy atom. The largest absolute Gasteiger partial charge is 0.211 e. The van der Waals surface area contributed by atoms with E-state index in [2.05, 4.69) is 0 Å². The highest BCUT2D eigenvalue weighted by Crippen LogP contribution is 2.16. The van der Waals surface area contributed by atoms with Crippen molar-refractivity contribution in [2.75, 3.05) is 0 Å². The third-order valence-electron chi connectivity index (χ3n) is 1.07. The molecule has 0 spiro atoms. The van der Waals surface area contributed by atoms with E-state index in [1.165, 1.54) is 10.8 Å². The van der Waals surface area contributed by atoms with Crippen molar-refractivity contribution in [3.8, 4) is 0 Å². The minimum atomic E-state index is -0.213. The van der Waals surface area contributed by atoms with Crippen LogP contribution in [0, 0.1) is 0 Å². The van der Waals surface area contributed by atoms with Gasteiger partial charge >= 0.3 is 0 Å². The van der Waals surface area contributed by atoms with Gasteiger partial charge in [0, 0.05) is 10.8 Å². The number of rotatable bonds is 4. The maximum absolute atomic E-state index is 12.4. The van der Waals surface area contributed by atoms with Crippen molar-refractivity contribution in [3.63, 3.8) is 0 Å². The van der Waals surface area contributed by atoms with E-state index in [9.17, 15) is 8.78 Å². The first kappa shape index (κ1) is 10.7. The molecule has 0 aromatic carbocycles. The van der Waals surface area contributed by atoms with Crippen LogP contribution in [0.2, 0.25) is 0 Å². The first-order chi connectivity index (χ1) is 5.20. The Labute approximate surface area is 70.4 Å². The van der Waals surface area contributed by atoms with Crippen LogP contribution in [0.15, 0.2) is 22.5 Å². The summed E-state index contributed by atoms with van der Waals surface area (Å²) < 4.78 is 24.7. The molecule has 0 saturated heterocycles. The standard InChI is InChI=1S/C8H12F2S/c1-3-7(9)5-11-6-8(10)4-2/h5-6H,3-4H2,1-2H3. The summed E-state index contributed by atoms with van der Waals surface area (Å²) in [6.07, 6.45) is 0.739. The van der Waals surface area contributed by atoms with Gasteiger partial charge in [-0.25, -0.2) is 8.78 Å². The predicted molar refractivity (Wildman–Crippen MR) is 46.6 cm³/mol. The van der Waals surface area contributed by atoms with Gasteiger partial charge in [0.1, 0.15) is 11.7 Å². The van der Waals surface area contributed by atoms with Crippen LogP contribution in [0.1, 0.15) is 26.7 Å². The van der Waals surface area contributed by atoms with Gasteiger partial charge in [-0.1, -0.05) is 13.8 Å². The van der Waals surface area contributed by atoms with Crippen molar-refractivity contribution in [1.82, 2.24) is 0 Å². The van der Waals surface area contributed by atoms with Crippen LogP contribution >= 0.6 is 11.8 Å².